The smallest absolute Gasteiger partial charge is 0.224 e. The van der Waals surface area contributed by atoms with Crippen molar-refractivity contribution in [3.63, 3.8) is 0 Å². The maximum atomic E-state index is 11.7. The van der Waals surface area contributed by atoms with Gasteiger partial charge in [-0.15, -0.1) is 0 Å². The van der Waals surface area contributed by atoms with E-state index in [-0.39, 0.29) is 36.2 Å². The lowest BCUT2D eigenvalue weighted by Crippen LogP contribution is -2.17. The number of carbonyl (C=O) groups is 2. The second kappa shape index (κ2) is 7.12. The van der Waals surface area contributed by atoms with Gasteiger partial charge in [0.05, 0.1) is 11.4 Å². The molecule has 0 radical (unpaired) electrons. The van der Waals surface area contributed by atoms with Gasteiger partial charge in [0.2, 0.25) is 11.8 Å². The third kappa shape index (κ3) is 4.24. The number of aromatic hydroxyl groups is 2. The Kier molecular flexibility index (Phi) is 4.98. The molecule has 0 aromatic heterocycles. The SMILES string of the molecule is O=C(CCC(=O)Nc1ccccc1O)Nc1ccccc1O. The van der Waals surface area contributed by atoms with Gasteiger partial charge in [0, 0.05) is 12.8 Å². The summed E-state index contributed by atoms with van der Waals surface area (Å²) in [6.45, 7) is 0. The number of amides is 2. The molecular formula is C16H16N2O4. The third-order valence-electron chi connectivity index (χ3n) is 2.94. The van der Waals surface area contributed by atoms with Gasteiger partial charge in [-0.05, 0) is 24.3 Å². The van der Waals surface area contributed by atoms with Crippen molar-refractivity contribution >= 4 is 23.2 Å². The van der Waals surface area contributed by atoms with Crippen LogP contribution in [0.5, 0.6) is 11.5 Å². The molecule has 6 nitrogen and oxygen atoms in total. The molecule has 2 aromatic carbocycles. The molecule has 0 fully saturated rings. The van der Waals surface area contributed by atoms with Crippen LogP contribution in [0.3, 0.4) is 0 Å². The minimum atomic E-state index is -0.381. The quantitative estimate of drug-likeness (QED) is 0.637. The van der Waals surface area contributed by atoms with Crippen LogP contribution in [0.15, 0.2) is 48.5 Å². The van der Waals surface area contributed by atoms with E-state index in [0.29, 0.717) is 11.4 Å². The van der Waals surface area contributed by atoms with Gasteiger partial charge in [-0.1, -0.05) is 24.3 Å². The highest BCUT2D eigenvalue weighted by atomic mass is 16.3. The van der Waals surface area contributed by atoms with Crippen LogP contribution in [0.4, 0.5) is 11.4 Å². The zero-order valence-corrected chi connectivity index (χ0v) is 11.7. The van der Waals surface area contributed by atoms with Crippen LogP contribution in [0, 0.1) is 0 Å². The zero-order chi connectivity index (χ0) is 15.9. The fourth-order valence-corrected chi connectivity index (χ4v) is 1.81. The first-order valence-electron chi connectivity index (χ1n) is 6.72. The van der Waals surface area contributed by atoms with E-state index in [1.54, 1.807) is 36.4 Å². The lowest BCUT2D eigenvalue weighted by atomic mass is 10.2. The molecule has 0 saturated heterocycles. The molecule has 0 atom stereocenters. The number of hydrogen-bond acceptors (Lipinski definition) is 4. The summed E-state index contributed by atoms with van der Waals surface area (Å²) >= 11 is 0. The van der Waals surface area contributed by atoms with Crippen molar-refractivity contribution in [1.29, 1.82) is 0 Å². The van der Waals surface area contributed by atoms with Crippen LogP contribution >= 0.6 is 0 Å². The maximum absolute atomic E-state index is 11.7. The van der Waals surface area contributed by atoms with Gasteiger partial charge in [-0.25, -0.2) is 0 Å². The Hall–Kier alpha value is -3.02. The fourth-order valence-electron chi connectivity index (χ4n) is 1.81. The standard InChI is InChI=1S/C16H16N2O4/c19-13-7-3-1-5-11(13)17-15(21)9-10-16(22)18-12-6-2-4-8-14(12)20/h1-8,19-20H,9-10H2,(H,17,21)(H,18,22). The van der Waals surface area contributed by atoms with Gasteiger partial charge < -0.3 is 20.8 Å². The Labute approximate surface area is 127 Å². The lowest BCUT2D eigenvalue weighted by Gasteiger charge is -2.08. The first kappa shape index (κ1) is 15.4. The second-order valence-electron chi connectivity index (χ2n) is 4.63. The van der Waals surface area contributed by atoms with Crippen molar-refractivity contribution < 1.29 is 19.8 Å². The lowest BCUT2D eigenvalue weighted by molar-refractivity contribution is -0.121. The fraction of sp³-hybridized carbons (Fsp3) is 0.125. The summed E-state index contributed by atoms with van der Waals surface area (Å²) in [5.41, 5.74) is 0.599. The molecule has 2 aromatic rings. The highest BCUT2D eigenvalue weighted by Gasteiger charge is 2.10. The van der Waals surface area contributed by atoms with E-state index in [2.05, 4.69) is 10.6 Å². The molecule has 2 rings (SSSR count). The average Bonchev–Trinajstić information content (AvgIpc) is 2.50. The first-order valence-corrected chi connectivity index (χ1v) is 6.72. The highest BCUT2D eigenvalue weighted by molar-refractivity contribution is 5.97. The molecule has 6 heteroatoms. The van der Waals surface area contributed by atoms with Crippen LogP contribution in [-0.4, -0.2) is 22.0 Å². The molecule has 0 aliphatic heterocycles. The molecule has 114 valence electrons. The van der Waals surface area contributed by atoms with Crippen molar-refractivity contribution in [2.24, 2.45) is 0 Å². The van der Waals surface area contributed by atoms with E-state index >= 15 is 0 Å². The second-order valence-corrected chi connectivity index (χ2v) is 4.63. The van der Waals surface area contributed by atoms with Crippen LogP contribution in [0.2, 0.25) is 0 Å². The van der Waals surface area contributed by atoms with E-state index in [1.807, 2.05) is 0 Å². The van der Waals surface area contributed by atoms with Gasteiger partial charge >= 0.3 is 0 Å². The molecule has 0 heterocycles. The van der Waals surface area contributed by atoms with Gasteiger partial charge in [0.15, 0.2) is 0 Å². The Balaban J connectivity index is 1.82. The Morgan fingerprint density at radius 1 is 0.727 bits per heavy atom. The Morgan fingerprint density at radius 2 is 1.09 bits per heavy atom. The molecule has 0 saturated carbocycles. The number of phenolic OH excluding ortho intramolecular Hbond substituents is 2. The van der Waals surface area contributed by atoms with Gasteiger partial charge in [0.25, 0.3) is 0 Å². The molecule has 0 bridgehead atoms. The van der Waals surface area contributed by atoms with E-state index in [4.69, 9.17) is 0 Å². The van der Waals surface area contributed by atoms with Crippen molar-refractivity contribution in [3.8, 4) is 11.5 Å². The minimum Gasteiger partial charge on any atom is -0.506 e. The molecule has 22 heavy (non-hydrogen) atoms. The van der Waals surface area contributed by atoms with E-state index in [0.717, 1.165) is 0 Å². The molecule has 4 N–H and O–H groups in total. The van der Waals surface area contributed by atoms with Crippen LogP contribution < -0.4 is 10.6 Å². The van der Waals surface area contributed by atoms with E-state index < -0.39 is 0 Å². The summed E-state index contributed by atoms with van der Waals surface area (Å²) in [5.74, 6) is -0.827. The van der Waals surface area contributed by atoms with Crippen LogP contribution in [0.1, 0.15) is 12.8 Å². The third-order valence-corrected chi connectivity index (χ3v) is 2.94. The minimum absolute atomic E-state index is 0.0329. The number of phenols is 2. The Morgan fingerprint density at radius 3 is 1.45 bits per heavy atom. The number of nitrogens with one attached hydrogen (secondary N) is 2. The number of anilines is 2. The van der Waals surface area contributed by atoms with Gasteiger partial charge in [-0.3, -0.25) is 9.59 Å². The number of rotatable bonds is 5. The number of carbonyl (C=O) groups excluding carboxylic acids is 2. The average molecular weight is 300 g/mol. The molecule has 0 aliphatic rings. The number of para-hydroxylation sites is 4. The van der Waals surface area contributed by atoms with Crippen molar-refractivity contribution in [3.05, 3.63) is 48.5 Å². The number of benzene rings is 2. The van der Waals surface area contributed by atoms with Crippen molar-refractivity contribution in [1.82, 2.24) is 0 Å². The summed E-state index contributed by atoms with van der Waals surface area (Å²) in [5, 5.41) is 24.1. The van der Waals surface area contributed by atoms with Crippen molar-refractivity contribution in [2.45, 2.75) is 12.8 Å². The molecule has 0 aliphatic carbocycles. The largest absolute Gasteiger partial charge is 0.506 e. The summed E-state index contributed by atoms with van der Waals surface area (Å²) in [4.78, 5) is 23.5. The summed E-state index contributed by atoms with van der Waals surface area (Å²) in [6, 6.07) is 12.7. The summed E-state index contributed by atoms with van der Waals surface area (Å²) < 4.78 is 0. The zero-order valence-electron chi connectivity index (χ0n) is 11.7. The molecule has 2 amide bonds. The predicted octanol–water partition coefficient (Wildman–Crippen LogP) is 2.46. The van der Waals surface area contributed by atoms with Gasteiger partial charge in [-0.2, -0.15) is 0 Å². The predicted molar refractivity (Wildman–Crippen MR) is 82.7 cm³/mol. The van der Waals surface area contributed by atoms with E-state index in [9.17, 15) is 19.8 Å². The summed E-state index contributed by atoms with van der Waals surface area (Å²) in [6.07, 6.45) is -0.0679. The Bertz CT molecular complexity index is 626. The monoisotopic (exact) mass is 300 g/mol. The number of hydrogen-bond donors (Lipinski definition) is 4. The topological polar surface area (TPSA) is 98.7 Å². The van der Waals surface area contributed by atoms with E-state index in [1.165, 1.54) is 12.1 Å². The molecule has 0 unspecified atom stereocenters. The first-order chi connectivity index (χ1) is 10.6. The molecule has 0 spiro atoms. The van der Waals surface area contributed by atoms with Gasteiger partial charge in [0.1, 0.15) is 11.5 Å². The molecular weight excluding hydrogens is 284 g/mol. The summed E-state index contributed by atoms with van der Waals surface area (Å²) in [7, 11) is 0. The normalized spacial score (nSPS) is 10.0. The maximum Gasteiger partial charge on any atom is 0.224 e. The highest BCUT2D eigenvalue weighted by Crippen LogP contribution is 2.23. The van der Waals surface area contributed by atoms with Crippen LogP contribution in [-0.2, 0) is 9.59 Å². The van der Waals surface area contributed by atoms with Crippen molar-refractivity contribution in [2.75, 3.05) is 10.6 Å². The van der Waals surface area contributed by atoms with Crippen LogP contribution in [0.25, 0.3) is 0 Å².